The third-order valence-electron chi connectivity index (χ3n) is 4.18. The van der Waals surface area contributed by atoms with E-state index in [1.54, 1.807) is 61.2 Å². The summed E-state index contributed by atoms with van der Waals surface area (Å²) >= 11 is 13.3. The highest BCUT2D eigenvalue weighted by atomic mass is 35.5. The Bertz CT molecular complexity index is 1090. The Balaban J connectivity index is 1.53. The minimum atomic E-state index is -0.312. The molecule has 0 radical (unpaired) electrons. The highest BCUT2D eigenvalue weighted by Gasteiger charge is 2.16. The number of amides is 2. The molecule has 0 aliphatic rings. The molecule has 3 rings (SSSR count). The van der Waals surface area contributed by atoms with E-state index in [0.717, 1.165) is 0 Å². The molecule has 1 aromatic heterocycles. The summed E-state index contributed by atoms with van der Waals surface area (Å²) in [7, 11) is 3.31. The second-order valence-electron chi connectivity index (χ2n) is 6.35. The van der Waals surface area contributed by atoms with Gasteiger partial charge >= 0.3 is 0 Å². The zero-order valence-corrected chi connectivity index (χ0v) is 19.0. The van der Waals surface area contributed by atoms with Crippen molar-refractivity contribution in [1.82, 2.24) is 14.8 Å². The number of aromatic nitrogens is 3. The number of rotatable bonds is 8. The number of hydrogen-bond acceptors (Lipinski definition) is 6. The second kappa shape index (κ2) is 10.5. The van der Waals surface area contributed by atoms with Crippen LogP contribution in [0.5, 0.6) is 5.75 Å². The molecule has 11 heteroatoms. The van der Waals surface area contributed by atoms with Crippen molar-refractivity contribution >= 4 is 58.2 Å². The van der Waals surface area contributed by atoms with Gasteiger partial charge in [0.1, 0.15) is 11.6 Å². The lowest BCUT2D eigenvalue weighted by atomic mass is 10.3. The van der Waals surface area contributed by atoms with E-state index >= 15 is 0 Å². The first-order chi connectivity index (χ1) is 14.9. The number of anilines is 2. The summed E-state index contributed by atoms with van der Waals surface area (Å²) in [4.78, 5) is 24.5. The van der Waals surface area contributed by atoms with Crippen molar-refractivity contribution in [3.8, 4) is 5.75 Å². The van der Waals surface area contributed by atoms with Gasteiger partial charge in [0.05, 0.1) is 35.0 Å². The molecule has 1 heterocycles. The lowest BCUT2D eigenvalue weighted by molar-refractivity contribution is -0.116. The Hall–Kier alpha value is -2.75. The Labute approximate surface area is 193 Å². The van der Waals surface area contributed by atoms with Crippen LogP contribution in [0.25, 0.3) is 0 Å². The van der Waals surface area contributed by atoms with Crippen LogP contribution in [0.2, 0.25) is 10.0 Å². The normalized spacial score (nSPS) is 10.6. The molecule has 0 atom stereocenters. The van der Waals surface area contributed by atoms with Crippen LogP contribution < -0.4 is 15.4 Å². The molecule has 0 fully saturated rings. The van der Waals surface area contributed by atoms with Crippen molar-refractivity contribution in [2.24, 2.45) is 7.05 Å². The average molecular weight is 480 g/mol. The van der Waals surface area contributed by atoms with Crippen molar-refractivity contribution < 1.29 is 14.3 Å². The second-order valence-corrected chi connectivity index (χ2v) is 8.08. The van der Waals surface area contributed by atoms with E-state index < -0.39 is 0 Å². The maximum absolute atomic E-state index is 12.3. The minimum absolute atomic E-state index is 0.00898. The van der Waals surface area contributed by atoms with Gasteiger partial charge < -0.3 is 19.9 Å². The Kier molecular flexibility index (Phi) is 7.78. The number of nitrogens with zero attached hydrogens (tertiary/aromatic N) is 3. The molecule has 31 heavy (non-hydrogen) atoms. The molecule has 0 bridgehead atoms. The van der Waals surface area contributed by atoms with Crippen LogP contribution in [0, 0.1) is 0 Å². The molecule has 0 aliphatic heterocycles. The predicted octanol–water partition coefficient (Wildman–Crippen LogP) is 4.04. The van der Waals surface area contributed by atoms with E-state index in [9.17, 15) is 9.59 Å². The van der Waals surface area contributed by atoms with Gasteiger partial charge in [-0.05, 0) is 36.4 Å². The first kappa shape index (κ1) is 22.9. The number of ether oxygens (including phenoxy) is 1. The number of methoxy groups -OCH3 is 1. The highest BCUT2D eigenvalue weighted by molar-refractivity contribution is 7.99. The van der Waals surface area contributed by atoms with Gasteiger partial charge in [-0.25, -0.2) is 0 Å². The fourth-order valence-electron chi connectivity index (χ4n) is 2.56. The molecule has 3 aromatic rings. The largest absolute Gasteiger partial charge is 0.497 e. The number of thioether (sulfide) groups is 1. The summed E-state index contributed by atoms with van der Waals surface area (Å²) in [6.07, 6.45) is -0.00898. The molecule has 2 aromatic carbocycles. The van der Waals surface area contributed by atoms with Gasteiger partial charge in [-0.1, -0.05) is 41.0 Å². The van der Waals surface area contributed by atoms with Crippen LogP contribution in [-0.4, -0.2) is 39.4 Å². The third kappa shape index (κ3) is 6.13. The maximum atomic E-state index is 12.3. The van der Waals surface area contributed by atoms with Crippen LogP contribution in [0.4, 0.5) is 11.4 Å². The van der Waals surface area contributed by atoms with Crippen molar-refractivity contribution in [3.05, 3.63) is 58.3 Å². The quantitative estimate of drug-likeness (QED) is 0.473. The average Bonchev–Trinajstić information content (AvgIpc) is 3.09. The summed E-state index contributed by atoms with van der Waals surface area (Å²) in [6.45, 7) is 0. The molecular weight excluding hydrogens is 461 g/mol. The lowest BCUT2D eigenvalue weighted by Crippen LogP contribution is -2.17. The van der Waals surface area contributed by atoms with Gasteiger partial charge in [0.15, 0.2) is 5.16 Å². The lowest BCUT2D eigenvalue weighted by Gasteiger charge is -2.08. The van der Waals surface area contributed by atoms with Crippen molar-refractivity contribution in [3.63, 3.8) is 0 Å². The Morgan fingerprint density at radius 1 is 1.06 bits per heavy atom. The number of nitrogens with one attached hydrogen (secondary N) is 2. The summed E-state index contributed by atoms with van der Waals surface area (Å²) in [5, 5.41) is 14.8. The van der Waals surface area contributed by atoms with Crippen LogP contribution in [0.3, 0.4) is 0 Å². The number of carbonyl (C=O) groups excluding carboxylic acids is 2. The van der Waals surface area contributed by atoms with E-state index in [4.69, 9.17) is 27.9 Å². The summed E-state index contributed by atoms with van der Waals surface area (Å²) in [5.41, 5.74) is 1.09. The molecule has 8 nitrogen and oxygen atoms in total. The number of carbonyl (C=O) groups is 2. The topological polar surface area (TPSA) is 98.1 Å². The fraction of sp³-hybridized carbons (Fsp3) is 0.200. The molecule has 162 valence electrons. The van der Waals surface area contributed by atoms with Crippen molar-refractivity contribution in [2.45, 2.75) is 11.6 Å². The van der Waals surface area contributed by atoms with Gasteiger partial charge in [-0.15, -0.1) is 10.2 Å². The van der Waals surface area contributed by atoms with Crippen LogP contribution in [0.1, 0.15) is 5.82 Å². The van der Waals surface area contributed by atoms with Gasteiger partial charge in [-0.3, -0.25) is 9.59 Å². The smallest absolute Gasteiger partial charge is 0.234 e. The molecular formula is C20H19Cl2N5O3S. The van der Waals surface area contributed by atoms with E-state index in [-0.39, 0.29) is 29.0 Å². The van der Waals surface area contributed by atoms with Gasteiger partial charge in [0.2, 0.25) is 11.8 Å². The van der Waals surface area contributed by atoms with Gasteiger partial charge in [0, 0.05) is 12.7 Å². The fourth-order valence-corrected chi connectivity index (χ4v) is 3.64. The zero-order chi connectivity index (χ0) is 22.4. The van der Waals surface area contributed by atoms with E-state index in [1.807, 2.05) is 0 Å². The van der Waals surface area contributed by atoms with Gasteiger partial charge in [0.25, 0.3) is 0 Å². The van der Waals surface area contributed by atoms with E-state index in [2.05, 4.69) is 20.8 Å². The number of halogens is 2. The third-order valence-corrected chi connectivity index (χ3v) is 6.01. The molecule has 0 saturated heterocycles. The standard InChI is InChI=1S/C20H19Cl2N5O3S/c1-27-16(10-17(28)24-15-5-3-4-14(21)19(15)22)25-26-20(27)31-11-18(29)23-12-6-8-13(30-2)9-7-12/h3-9H,10-11H2,1-2H3,(H,23,29)(H,24,28). The van der Waals surface area contributed by atoms with Crippen molar-refractivity contribution in [1.29, 1.82) is 0 Å². The maximum Gasteiger partial charge on any atom is 0.234 e. The van der Waals surface area contributed by atoms with E-state index in [0.29, 0.717) is 33.1 Å². The molecule has 0 spiro atoms. The summed E-state index contributed by atoms with van der Waals surface area (Å²) in [5.74, 6) is 0.804. The SMILES string of the molecule is COc1ccc(NC(=O)CSc2nnc(CC(=O)Nc3cccc(Cl)c3Cl)n2C)cc1. The first-order valence-corrected chi connectivity index (χ1v) is 10.8. The van der Waals surface area contributed by atoms with Crippen LogP contribution in [0.15, 0.2) is 47.6 Å². The minimum Gasteiger partial charge on any atom is -0.497 e. The predicted molar refractivity (Wildman–Crippen MR) is 122 cm³/mol. The molecule has 0 saturated carbocycles. The highest BCUT2D eigenvalue weighted by Crippen LogP contribution is 2.29. The monoisotopic (exact) mass is 479 g/mol. The Morgan fingerprint density at radius 3 is 2.52 bits per heavy atom. The van der Waals surface area contributed by atoms with Crippen LogP contribution >= 0.6 is 35.0 Å². The first-order valence-electron chi connectivity index (χ1n) is 9.06. The molecule has 0 unspecified atom stereocenters. The number of benzene rings is 2. The van der Waals surface area contributed by atoms with Crippen molar-refractivity contribution in [2.75, 3.05) is 23.5 Å². The number of hydrogen-bond donors (Lipinski definition) is 2. The van der Waals surface area contributed by atoms with Gasteiger partial charge in [-0.2, -0.15) is 0 Å². The van der Waals surface area contributed by atoms with Crippen LogP contribution in [-0.2, 0) is 23.1 Å². The zero-order valence-electron chi connectivity index (χ0n) is 16.7. The van der Waals surface area contributed by atoms with E-state index in [1.165, 1.54) is 11.8 Å². The molecule has 2 N–H and O–H groups in total. The summed E-state index contributed by atoms with van der Waals surface area (Å²) in [6, 6.07) is 12.0. The Morgan fingerprint density at radius 2 is 1.81 bits per heavy atom. The molecule has 0 aliphatic carbocycles. The molecule has 2 amide bonds. The summed E-state index contributed by atoms with van der Waals surface area (Å²) < 4.78 is 6.76.